The SMILES string of the molecule is CC(F)(F)C(O)c1ccccc1F. The molecule has 1 atom stereocenters. The number of aliphatic hydroxyl groups excluding tert-OH is 1. The lowest BCUT2D eigenvalue weighted by Crippen LogP contribution is -2.22. The first kappa shape index (κ1) is 10.1. The Bertz CT molecular complexity index is 293. The van der Waals surface area contributed by atoms with Crippen molar-refractivity contribution in [2.75, 3.05) is 0 Å². The molecule has 0 amide bonds. The van der Waals surface area contributed by atoms with Crippen molar-refractivity contribution in [2.24, 2.45) is 0 Å². The zero-order chi connectivity index (χ0) is 10.1. The molecular formula is C9H9F3O. The van der Waals surface area contributed by atoms with E-state index in [9.17, 15) is 13.2 Å². The van der Waals surface area contributed by atoms with Crippen LogP contribution in [0.3, 0.4) is 0 Å². The monoisotopic (exact) mass is 190 g/mol. The summed E-state index contributed by atoms with van der Waals surface area (Å²) in [6.07, 6.45) is -2.09. The molecule has 0 fully saturated rings. The number of benzene rings is 1. The van der Waals surface area contributed by atoms with Crippen LogP contribution in [0.4, 0.5) is 13.2 Å². The van der Waals surface area contributed by atoms with Gasteiger partial charge in [-0.1, -0.05) is 18.2 Å². The summed E-state index contributed by atoms with van der Waals surface area (Å²) in [6.45, 7) is 0.546. The summed E-state index contributed by atoms with van der Waals surface area (Å²) in [5.74, 6) is -4.15. The quantitative estimate of drug-likeness (QED) is 0.759. The second kappa shape index (κ2) is 3.38. The van der Waals surface area contributed by atoms with Crippen LogP contribution in [0, 0.1) is 5.82 Å². The molecule has 0 radical (unpaired) electrons. The first-order valence-electron chi connectivity index (χ1n) is 3.73. The average molecular weight is 190 g/mol. The molecule has 0 aliphatic rings. The van der Waals surface area contributed by atoms with E-state index in [1.54, 1.807) is 0 Å². The standard InChI is InChI=1S/C9H9F3O/c1-9(11,12)8(13)6-4-2-3-5-7(6)10/h2-5,8,13H,1H3. The van der Waals surface area contributed by atoms with E-state index < -0.39 is 17.8 Å². The van der Waals surface area contributed by atoms with Crippen molar-refractivity contribution >= 4 is 0 Å². The molecule has 4 heteroatoms. The van der Waals surface area contributed by atoms with Gasteiger partial charge in [-0.05, 0) is 6.07 Å². The number of hydrogen-bond donors (Lipinski definition) is 1. The van der Waals surface area contributed by atoms with E-state index in [0.29, 0.717) is 6.92 Å². The Morgan fingerprint density at radius 1 is 1.31 bits per heavy atom. The Hall–Kier alpha value is -1.03. The van der Waals surface area contributed by atoms with Crippen LogP contribution in [0.2, 0.25) is 0 Å². The third kappa shape index (κ3) is 2.21. The van der Waals surface area contributed by atoms with Gasteiger partial charge in [-0.2, -0.15) is 0 Å². The molecule has 1 aromatic rings. The molecule has 0 heterocycles. The van der Waals surface area contributed by atoms with Crippen LogP contribution >= 0.6 is 0 Å². The number of aliphatic hydroxyl groups is 1. The van der Waals surface area contributed by atoms with Gasteiger partial charge in [0, 0.05) is 12.5 Å². The van der Waals surface area contributed by atoms with Crippen LogP contribution in [-0.4, -0.2) is 11.0 Å². The lowest BCUT2D eigenvalue weighted by atomic mass is 10.0. The normalized spacial score (nSPS) is 14.2. The molecule has 0 aliphatic heterocycles. The van der Waals surface area contributed by atoms with Gasteiger partial charge in [-0.15, -0.1) is 0 Å². The van der Waals surface area contributed by atoms with Gasteiger partial charge in [-0.25, -0.2) is 13.2 Å². The maximum atomic E-state index is 12.9. The van der Waals surface area contributed by atoms with E-state index in [-0.39, 0.29) is 5.56 Å². The van der Waals surface area contributed by atoms with Crippen LogP contribution in [0.25, 0.3) is 0 Å². The Morgan fingerprint density at radius 2 is 1.85 bits per heavy atom. The molecule has 0 aromatic heterocycles. The highest BCUT2D eigenvalue weighted by Crippen LogP contribution is 2.31. The van der Waals surface area contributed by atoms with Crippen molar-refractivity contribution in [1.82, 2.24) is 0 Å². The van der Waals surface area contributed by atoms with Crippen LogP contribution < -0.4 is 0 Å². The van der Waals surface area contributed by atoms with Gasteiger partial charge < -0.3 is 5.11 Å². The van der Waals surface area contributed by atoms with Gasteiger partial charge in [0.25, 0.3) is 5.92 Å². The van der Waals surface area contributed by atoms with Gasteiger partial charge >= 0.3 is 0 Å². The molecule has 1 N–H and O–H groups in total. The third-order valence-corrected chi connectivity index (χ3v) is 1.68. The number of halogens is 3. The number of rotatable bonds is 2. The third-order valence-electron chi connectivity index (χ3n) is 1.68. The fourth-order valence-electron chi connectivity index (χ4n) is 0.970. The van der Waals surface area contributed by atoms with Crippen molar-refractivity contribution < 1.29 is 18.3 Å². The molecular weight excluding hydrogens is 181 g/mol. The zero-order valence-electron chi connectivity index (χ0n) is 6.97. The highest BCUT2D eigenvalue weighted by Gasteiger charge is 2.35. The molecule has 72 valence electrons. The van der Waals surface area contributed by atoms with Crippen molar-refractivity contribution in [2.45, 2.75) is 19.0 Å². The van der Waals surface area contributed by atoms with E-state index in [1.807, 2.05) is 0 Å². The van der Waals surface area contributed by atoms with E-state index in [1.165, 1.54) is 12.1 Å². The minimum atomic E-state index is -3.33. The summed E-state index contributed by atoms with van der Waals surface area (Å²) in [6, 6.07) is 4.94. The fourth-order valence-corrected chi connectivity index (χ4v) is 0.970. The maximum absolute atomic E-state index is 12.9. The molecule has 0 saturated carbocycles. The predicted octanol–water partition coefficient (Wildman–Crippen LogP) is 2.51. The Balaban J connectivity index is 3.02. The highest BCUT2D eigenvalue weighted by molar-refractivity contribution is 5.21. The minimum Gasteiger partial charge on any atom is -0.382 e. The van der Waals surface area contributed by atoms with Crippen LogP contribution in [0.1, 0.15) is 18.6 Å². The van der Waals surface area contributed by atoms with E-state index in [0.717, 1.165) is 12.1 Å². The highest BCUT2D eigenvalue weighted by atomic mass is 19.3. The average Bonchev–Trinajstić information content (AvgIpc) is 2.02. The molecule has 0 spiro atoms. The van der Waals surface area contributed by atoms with Crippen LogP contribution in [-0.2, 0) is 0 Å². The Kier molecular flexibility index (Phi) is 2.61. The largest absolute Gasteiger partial charge is 0.382 e. The summed E-state index contributed by atoms with van der Waals surface area (Å²) in [5, 5.41) is 9.05. The van der Waals surface area contributed by atoms with Crippen molar-refractivity contribution in [1.29, 1.82) is 0 Å². The first-order chi connectivity index (χ1) is 5.93. The summed E-state index contributed by atoms with van der Waals surface area (Å²) >= 11 is 0. The minimum absolute atomic E-state index is 0.380. The predicted molar refractivity (Wildman–Crippen MR) is 42.0 cm³/mol. The molecule has 0 saturated heterocycles. The van der Waals surface area contributed by atoms with Gasteiger partial charge in [-0.3, -0.25) is 0 Å². The molecule has 1 unspecified atom stereocenters. The maximum Gasteiger partial charge on any atom is 0.274 e. The molecule has 0 bridgehead atoms. The van der Waals surface area contributed by atoms with E-state index in [2.05, 4.69) is 0 Å². The van der Waals surface area contributed by atoms with Crippen molar-refractivity contribution in [3.8, 4) is 0 Å². The molecule has 0 aliphatic carbocycles. The van der Waals surface area contributed by atoms with E-state index >= 15 is 0 Å². The van der Waals surface area contributed by atoms with Crippen molar-refractivity contribution in [3.63, 3.8) is 0 Å². The number of hydrogen-bond acceptors (Lipinski definition) is 1. The van der Waals surface area contributed by atoms with Crippen LogP contribution in [0.15, 0.2) is 24.3 Å². The van der Waals surface area contributed by atoms with Gasteiger partial charge in [0.2, 0.25) is 0 Å². The smallest absolute Gasteiger partial charge is 0.274 e. The zero-order valence-corrected chi connectivity index (χ0v) is 6.97. The van der Waals surface area contributed by atoms with E-state index in [4.69, 9.17) is 5.11 Å². The summed E-state index contributed by atoms with van der Waals surface area (Å²) in [5.41, 5.74) is -0.380. The lowest BCUT2D eigenvalue weighted by Gasteiger charge is -2.18. The van der Waals surface area contributed by atoms with Gasteiger partial charge in [0.15, 0.2) is 0 Å². The molecule has 13 heavy (non-hydrogen) atoms. The lowest BCUT2D eigenvalue weighted by molar-refractivity contribution is -0.0967. The first-order valence-corrected chi connectivity index (χ1v) is 3.73. The second-order valence-electron chi connectivity index (χ2n) is 2.88. The summed E-state index contributed by atoms with van der Waals surface area (Å²) < 4.78 is 38.0. The topological polar surface area (TPSA) is 20.2 Å². The fraction of sp³-hybridized carbons (Fsp3) is 0.333. The number of alkyl halides is 2. The second-order valence-corrected chi connectivity index (χ2v) is 2.88. The Labute approximate surface area is 73.8 Å². The van der Waals surface area contributed by atoms with Gasteiger partial charge in [0.1, 0.15) is 11.9 Å². The summed E-state index contributed by atoms with van der Waals surface area (Å²) in [4.78, 5) is 0. The van der Waals surface area contributed by atoms with Crippen LogP contribution in [0.5, 0.6) is 0 Å². The molecule has 1 aromatic carbocycles. The van der Waals surface area contributed by atoms with Gasteiger partial charge in [0.05, 0.1) is 0 Å². The van der Waals surface area contributed by atoms with Crippen molar-refractivity contribution in [3.05, 3.63) is 35.6 Å². The molecule has 1 rings (SSSR count). The Morgan fingerprint density at radius 3 is 2.31 bits per heavy atom. The summed E-state index contributed by atoms with van der Waals surface area (Å²) in [7, 11) is 0. The molecule has 1 nitrogen and oxygen atoms in total.